The molecule has 98 valence electrons. The average molecular weight is 378 g/mol. The molecule has 0 heterocycles. The second kappa shape index (κ2) is 12.5. The van der Waals surface area contributed by atoms with Crippen molar-refractivity contribution >= 4 is 5.97 Å². The van der Waals surface area contributed by atoms with Gasteiger partial charge in [0.15, 0.2) is 0 Å². The van der Waals surface area contributed by atoms with Crippen LogP contribution in [0, 0.1) is 61.6 Å². The van der Waals surface area contributed by atoms with Gasteiger partial charge in [-0.3, -0.25) is 0 Å². The molecule has 0 saturated carbocycles. The SMILES string of the molecule is CC(C)(C)CCCCCC(=O)[O-].O=[N+]([O-])[O-].[Nd+2]. The summed E-state index contributed by atoms with van der Waals surface area (Å²) in [5.74, 6) is -0.925. The number of carboxylic acid groups (broad SMARTS) is 1. The number of carbonyl (C=O) groups excluding carboxylic acids is 1. The zero-order chi connectivity index (χ0) is 13.2. The summed E-state index contributed by atoms with van der Waals surface area (Å²) in [6.45, 7) is 6.60. The Balaban J connectivity index is -0.000000340. The molecule has 0 amide bonds. The Hall–Kier alpha value is 0.0206. The maximum Gasteiger partial charge on any atom is 2.00 e. The maximum absolute atomic E-state index is 10.0. The second-order valence-electron chi connectivity index (χ2n) is 4.72. The van der Waals surface area contributed by atoms with Crippen LogP contribution in [0.4, 0.5) is 0 Å². The first-order valence-electron chi connectivity index (χ1n) is 5.16. The molecule has 0 radical (unpaired) electrons. The van der Waals surface area contributed by atoms with Crippen LogP contribution in [0.3, 0.4) is 0 Å². The van der Waals surface area contributed by atoms with Gasteiger partial charge >= 0.3 is 40.8 Å². The first-order chi connectivity index (χ1) is 7.15. The van der Waals surface area contributed by atoms with Gasteiger partial charge in [0.1, 0.15) is 0 Å². The fourth-order valence-electron chi connectivity index (χ4n) is 1.10. The van der Waals surface area contributed by atoms with E-state index >= 15 is 0 Å². The maximum atomic E-state index is 10.0. The van der Waals surface area contributed by atoms with Crippen LogP contribution in [0.2, 0.25) is 0 Å². The van der Waals surface area contributed by atoms with Crippen molar-refractivity contribution in [3.63, 3.8) is 0 Å². The first kappa shape index (κ1) is 22.2. The first-order valence-corrected chi connectivity index (χ1v) is 5.16. The molecule has 0 unspecified atom stereocenters. The molecule has 7 heteroatoms. The standard InChI is InChI=1S/C10H20O2.NO3.Nd/c1-10(2,3)8-6-4-5-7-9(11)12;2-1(3)4;/h4-8H2,1-3H3,(H,11,12);;/q;-1;+2/p-1. The number of rotatable bonds is 5. The summed E-state index contributed by atoms with van der Waals surface area (Å²) >= 11 is 0. The van der Waals surface area contributed by atoms with Gasteiger partial charge in [-0.1, -0.05) is 33.6 Å². The van der Waals surface area contributed by atoms with Crippen molar-refractivity contribution in [3.05, 3.63) is 15.3 Å². The summed E-state index contributed by atoms with van der Waals surface area (Å²) in [5, 5.41) is 24.8. The Bertz CT molecular complexity index is 211. The van der Waals surface area contributed by atoms with E-state index in [0.717, 1.165) is 19.3 Å². The van der Waals surface area contributed by atoms with Crippen molar-refractivity contribution in [2.45, 2.75) is 52.9 Å². The Kier molecular flexibility index (Phi) is 16.3. The van der Waals surface area contributed by atoms with E-state index in [0.29, 0.717) is 5.41 Å². The van der Waals surface area contributed by atoms with E-state index in [1.165, 1.54) is 6.42 Å². The molecule has 0 fully saturated rings. The minimum absolute atomic E-state index is 0. The van der Waals surface area contributed by atoms with Gasteiger partial charge in [0.25, 0.3) is 0 Å². The summed E-state index contributed by atoms with van der Waals surface area (Å²) in [6, 6.07) is 0. The van der Waals surface area contributed by atoms with E-state index in [2.05, 4.69) is 20.8 Å². The predicted octanol–water partition coefficient (Wildman–Crippen LogP) is 1.49. The number of aliphatic carboxylic acids is 1. The van der Waals surface area contributed by atoms with Crippen molar-refractivity contribution in [2.75, 3.05) is 0 Å². The third-order valence-corrected chi connectivity index (χ3v) is 1.81. The monoisotopic (exact) mass is 375 g/mol. The summed E-state index contributed by atoms with van der Waals surface area (Å²) in [7, 11) is 0. The summed E-state index contributed by atoms with van der Waals surface area (Å²) in [6.07, 6.45) is 4.27. The number of hydrogen-bond donors (Lipinski definition) is 0. The van der Waals surface area contributed by atoms with Gasteiger partial charge in [-0.25, -0.2) is 0 Å². The molecule has 0 aromatic carbocycles. The molecule has 0 N–H and O–H groups in total. The fourth-order valence-corrected chi connectivity index (χ4v) is 1.10. The Morgan fingerprint density at radius 1 is 1.12 bits per heavy atom. The molecule has 0 aliphatic heterocycles. The van der Waals surface area contributed by atoms with Crippen LogP contribution >= 0.6 is 0 Å². The zero-order valence-corrected chi connectivity index (χ0v) is 13.7. The molecule has 0 spiro atoms. The van der Waals surface area contributed by atoms with Crippen molar-refractivity contribution < 1.29 is 55.8 Å². The molecular formula is C10H19NNdO5. The number of carboxylic acids is 1. The van der Waals surface area contributed by atoms with Crippen LogP contribution in [-0.2, 0) is 4.79 Å². The Morgan fingerprint density at radius 3 is 1.82 bits per heavy atom. The van der Waals surface area contributed by atoms with Crippen LogP contribution < -0.4 is 5.11 Å². The molecule has 6 nitrogen and oxygen atoms in total. The van der Waals surface area contributed by atoms with E-state index in [9.17, 15) is 9.90 Å². The molecular weight excluding hydrogens is 358 g/mol. The van der Waals surface area contributed by atoms with E-state index in [-0.39, 0.29) is 47.3 Å². The third kappa shape index (κ3) is 38.7. The van der Waals surface area contributed by atoms with Gasteiger partial charge in [0.05, 0.1) is 5.09 Å². The molecule has 0 aromatic heterocycles. The average Bonchev–Trinajstić information content (AvgIpc) is 1.99. The van der Waals surface area contributed by atoms with Gasteiger partial charge < -0.3 is 25.2 Å². The normalized spacial score (nSPS) is 9.59. The molecule has 0 bridgehead atoms. The zero-order valence-electron chi connectivity index (χ0n) is 10.5. The summed E-state index contributed by atoms with van der Waals surface area (Å²) in [5.41, 5.74) is 0.376. The van der Waals surface area contributed by atoms with E-state index < -0.39 is 11.1 Å². The summed E-state index contributed by atoms with van der Waals surface area (Å²) < 4.78 is 0. The minimum Gasteiger partial charge on any atom is -0.550 e. The molecule has 0 aliphatic rings. The van der Waals surface area contributed by atoms with Crippen molar-refractivity contribution in [1.82, 2.24) is 0 Å². The Morgan fingerprint density at radius 2 is 1.53 bits per heavy atom. The van der Waals surface area contributed by atoms with Crippen LogP contribution in [0.1, 0.15) is 52.9 Å². The molecule has 0 atom stereocenters. The molecule has 0 aliphatic carbocycles. The number of hydrogen-bond acceptors (Lipinski definition) is 5. The molecule has 0 rings (SSSR count). The topological polar surface area (TPSA) is 106 Å². The minimum atomic E-state index is -1.75. The van der Waals surface area contributed by atoms with Crippen LogP contribution in [0.5, 0.6) is 0 Å². The summed E-state index contributed by atoms with van der Waals surface area (Å²) in [4.78, 5) is 18.3. The van der Waals surface area contributed by atoms with Crippen LogP contribution in [-0.4, -0.2) is 11.1 Å². The molecule has 17 heavy (non-hydrogen) atoms. The largest absolute Gasteiger partial charge is 2.00 e. The number of nitrogens with zero attached hydrogens (tertiary/aromatic N) is 1. The van der Waals surface area contributed by atoms with Crippen molar-refractivity contribution in [1.29, 1.82) is 0 Å². The van der Waals surface area contributed by atoms with Gasteiger partial charge in [-0.05, 0) is 24.7 Å². The fraction of sp³-hybridized carbons (Fsp3) is 0.900. The quantitative estimate of drug-likeness (QED) is 0.410. The van der Waals surface area contributed by atoms with Gasteiger partial charge in [-0.15, -0.1) is 0 Å². The van der Waals surface area contributed by atoms with Gasteiger partial charge in [-0.2, -0.15) is 0 Å². The molecule has 0 aromatic rings. The Labute approximate surface area is 134 Å². The smallest absolute Gasteiger partial charge is 0.550 e. The van der Waals surface area contributed by atoms with Gasteiger partial charge in [0, 0.05) is 5.97 Å². The number of unbranched alkanes of at least 4 members (excludes halogenated alkanes) is 2. The second-order valence-corrected chi connectivity index (χ2v) is 4.72. The van der Waals surface area contributed by atoms with Crippen LogP contribution in [0.15, 0.2) is 0 Å². The van der Waals surface area contributed by atoms with E-state index in [1.807, 2.05) is 0 Å². The number of carbonyl (C=O) groups is 1. The van der Waals surface area contributed by atoms with Crippen molar-refractivity contribution in [3.8, 4) is 0 Å². The van der Waals surface area contributed by atoms with Gasteiger partial charge in [0.2, 0.25) is 0 Å². The van der Waals surface area contributed by atoms with E-state index in [4.69, 9.17) is 15.3 Å². The van der Waals surface area contributed by atoms with E-state index in [1.54, 1.807) is 0 Å². The van der Waals surface area contributed by atoms with Crippen molar-refractivity contribution in [2.24, 2.45) is 5.41 Å². The predicted molar refractivity (Wildman–Crippen MR) is 57.9 cm³/mol. The molecule has 0 saturated heterocycles. The van der Waals surface area contributed by atoms with Crippen LogP contribution in [0.25, 0.3) is 0 Å². The third-order valence-electron chi connectivity index (χ3n) is 1.81.